The third-order valence-corrected chi connectivity index (χ3v) is 2.88. The zero-order valence-corrected chi connectivity index (χ0v) is 14.2. The fourth-order valence-electron chi connectivity index (χ4n) is 1.48. The van der Waals surface area contributed by atoms with Crippen molar-refractivity contribution < 1.29 is 43.4 Å². The lowest BCUT2D eigenvalue weighted by Crippen LogP contribution is -2.14. The van der Waals surface area contributed by atoms with Crippen LogP contribution in [-0.2, 0) is 29.4 Å². The molecule has 0 saturated carbocycles. The predicted molar refractivity (Wildman–Crippen MR) is 85.4 cm³/mol. The first-order chi connectivity index (χ1) is 12.0. The van der Waals surface area contributed by atoms with Crippen molar-refractivity contribution >= 4 is 32.4 Å². The molecule has 2 rings (SSSR count). The summed E-state index contributed by atoms with van der Waals surface area (Å²) in [6.45, 7) is 0. The molecule has 0 radical (unpaired) electrons. The molecule has 0 atom stereocenters. The van der Waals surface area contributed by atoms with E-state index < -0.39 is 32.5 Å². The number of aliphatic imine (C=N–C) groups is 1. The number of nitrogens with zero attached hydrogens (tertiary/aromatic N) is 1. The molecule has 0 spiro atoms. The van der Waals surface area contributed by atoms with Crippen molar-refractivity contribution in [2.75, 3.05) is 0 Å². The zero-order chi connectivity index (χ0) is 19.8. The van der Waals surface area contributed by atoms with E-state index in [0.29, 0.717) is 5.69 Å². The second-order valence-corrected chi connectivity index (χ2v) is 6.24. The number of benzene rings is 2. The Kier molecular flexibility index (Phi) is 7.73. The summed E-state index contributed by atoms with van der Waals surface area (Å²) in [5.41, 5.74) is 0.184. The van der Waals surface area contributed by atoms with E-state index in [1.54, 1.807) is 30.3 Å². The van der Waals surface area contributed by atoms with E-state index in [1.807, 2.05) is 4.39 Å². The van der Waals surface area contributed by atoms with Gasteiger partial charge in [-0.15, -0.1) is 0 Å². The average molecular weight is 411 g/mol. The topological polar surface area (TPSA) is 140 Å². The first-order valence-corrected chi connectivity index (χ1v) is 9.08. The Labute approximate surface area is 147 Å². The van der Waals surface area contributed by atoms with Gasteiger partial charge in [0.1, 0.15) is 5.82 Å². The molecule has 2 aromatic rings. The third-order valence-electron chi connectivity index (χ3n) is 2.35. The van der Waals surface area contributed by atoms with Crippen molar-refractivity contribution in [2.24, 2.45) is 4.99 Å². The van der Waals surface area contributed by atoms with Gasteiger partial charge in [-0.25, -0.2) is 9.38 Å². The Morgan fingerprint density at radius 2 is 1.38 bits per heavy atom. The van der Waals surface area contributed by atoms with Crippen LogP contribution in [0, 0.1) is 5.82 Å². The van der Waals surface area contributed by atoms with Crippen LogP contribution in [0.3, 0.4) is 0 Å². The first-order valence-electron chi connectivity index (χ1n) is 6.35. The number of hydrogen-bond donors (Lipinski definition) is 2. The van der Waals surface area contributed by atoms with Crippen LogP contribution in [-0.4, -0.2) is 31.8 Å². The molecule has 2 aromatic carbocycles. The highest BCUT2D eigenvalue weighted by molar-refractivity contribution is 7.81. The van der Waals surface area contributed by atoms with Crippen LogP contribution in [0.5, 0.6) is 0 Å². The summed E-state index contributed by atoms with van der Waals surface area (Å²) in [7, 11) is -9.63. The highest BCUT2D eigenvalue weighted by Crippen LogP contribution is 2.16. The summed E-state index contributed by atoms with van der Waals surface area (Å²) in [4.78, 5) is 3.89. The molecule has 142 valence electrons. The predicted octanol–water partition coefficient (Wildman–Crippen LogP) is 2.41. The van der Waals surface area contributed by atoms with Gasteiger partial charge >= 0.3 is 20.8 Å². The van der Waals surface area contributed by atoms with Gasteiger partial charge in [-0.3, -0.25) is 9.11 Å². The summed E-state index contributed by atoms with van der Waals surface area (Å²) >= 11 is 0. The molecule has 0 amide bonds. The SMILES string of the molecule is O=S(=O)(O)OC(=Nc1ccccc1)c1ccccc1F.O=S(=O)(O)OF. The van der Waals surface area contributed by atoms with E-state index >= 15 is 0 Å². The van der Waals surface area contributed by atoms with Crippen LogP contribution < -0.4 is 0 Å². The normalized spacial score (nSPS) is 12.1. The molecular weight excluding hydrogens is 400 g/mol. The Hall–Kier alpha value is -2.45. The van der Waals surface area contributed by atoms with Crippen molar-refractivity contribution in [2.45, 2.75) is 0 Å². The number of halogens is 2. The summed E-state index contributed by atoms with van der Waals surface area (Å²) in [5, 5.41) is 0. The van der Waals surface area contributed by atoms with Crippen LogP contribution in [0.4, 0.5) is 14.6 Å². The lowest BCUT2D eigenvalue weighted by molar-refractivity contribution is -0.0113. The second kappa shape index (κ2) is 9.30. The van der Waals surface area contributed by atoms with Gasteiger partial charge < -0.3 is 4.18 Å². The minimum Gasteiger partial charge on any atom is -0.340 e. The van der Waals surface area contributed by atoms with Gasteiger partial charge in [-0.05, 0) is 33.2 Å². The number of hydrogen-bond acceptors (Lipinski definition) is 7. The highest BCUT2D eigenvalue weighted by atomic mass is 32.3. The summed E-state index contributed by atoms with van der Waals surface area (Å²) in [6.07, 6.45) is 0. The molecule has 0 aliphatic heterocycles. The van der Waals surface area contributed by atoms with Gasteiger partial charge in [-0.1, -0.05) is 30.3 Å². The van der Waals surface area contributed by atoms with Crippen molar-refractivity contribution in [1.82, 2.24) is 0 Å². The smallest absolute Gasteiger partial charge is 0.340 e. The van der Waals surface area contributed by atoms with E-state index in [9.17, 15) is 17.3 Å². The van der Waals surface area contributed by atoms with Crippen LogP contribution in [0.2, 0.25) is 0 Å². The summed E-state index contributed by atoms with van der Waals surface area (Å²) in [6, 6.07) is 13.6. The molecule has 9 nitrogen and oxygen atoms in total. The Morgan fingerprint density at radius 1 is 0.885 bits per heavy atom. The number of rotatable bonds is 4. The molecule has 0 bridgehead atoms. The molecule has 0 unspecified atom stereocenters. The maximum Gasteiger partial charge on any atom is 0.448 e. The molecule has 0 saturated heterocycles. The molecule has 0 aliphatic carbocycles. The molecule has 0 aromatic heterocycles. The van der Waals surface area contributed by atoms with E-state index in [0.717, 1.165) is 6.07 Å². The first kappa shape index (κ1) is 21.6. The van der Waals surface area contributed by atoms with Gasteiger partial charge in [0, 0.05) is 0 Å². The van der Waals surface area contributed by atoms with E-state index in [-0.39, 0.29) is 5.56 Å². The van der Waals surface area contributed by atoms with Gasteiger partial charge in [-0.2, -0.15) is 16.8 Å². The average Bonchev–Trinajstić information content (AvgIpc) is 2.54. The van der Waals surface area contributed by atoms with Crippen molar-refractivity contribution in [3.05, 3.63) is 66.0 Å². The highest BCUT2D eigenvalue weighted by Gasteiger charge is 2.17. The molecule has 0 aliphatic rings. The molecule has 13 heteroatoms. The summed E-state index contributed by atoms with van der Waals surface area (Å²) in [5.74, 6) is -1.26. The van der Waals surface area contributed by atoms with E-state index in [4.69, 9.17) is 17.5 Å². The quantitative estimate of drug-likeness (QED) is 0.444. The van der Waals surface area contributed by atoms with Crippen LogP contribution in [0.1, 0.15) is 5.56 Å². The van der Waals surface area contributed by atoms with Gasteiger partial charge in [0.25, 0.3) is 0 Å². The van der Waals surface area contributed by atoms with Crippen molar-refractivity contribution in [1.29, 1.82) is 0 Å². The van der Waals surface area contributed by atoms with Gasteiger partial charge in [0.2, 0.25) is 5.90 Å². The largest absolute Gasteiger partial charge is 0.448 e. The fourth-order valence-corrected chi connectivity index (χ4v) is 1.80. The molecule has 0 fully saturated rings. The number of para-hydroxylation sites is 1. The van der Waals surface area contributed by atoms with Crippen LogP contribution >= 0.6 is 0 Å². The maximum atomic E-state index is 13.7. The molecule has 0 heterocycles. The van der Waals surface area contributed by atoms with E-state index in [1.165, 1.54) is 18.2 Å². The third kappa shape index (κ3) is 8.59. The molecular formula is C13H11F2NO8S2. The van der Waals surface area contributed by atoms with Gasteiger partial charge in [0.05, 0.1) is 11.3 Å². The molecule has 2 N–H and O–H groups in total. The standard InChI is InChI=1S/C13H10FNO4S.FHO4S/c14-12-9-5-4-8-11(12)13(19-20(16,17)18)15-10-6-2-1-3-7-10;1-5-6(2,3)4/h1-9H,(H,16,17,18);(H,2,3,4). The molecule has 26 heavy (non-hydrogen) atoms. The Balaban J connectivity index is 0.000000487. The fraction of sp³-hybridized carbons (Fsp3) is 0. The second-order valence-electron chi connectivity index (χ2n) is 4.23. The van der Waals surface area contributed by atoms with Crippen LogP contribution in [0.15, 0.2) is 59.6 Å². The minimum atomic E-state index is -4.83. The Bertz CT molecular complexity index is 963. The maximum absolute atomic E-state index is 13.7. The Morgan fingerprint density at radius 3 is 1.85 bits per heavy atom. The zero-order valence-electron chi connectivity index (χ0n) is 12.6. The van der Waals surface area contributed by atoms with Crippen LogP contribution in [0.25, 0.3) is 0 Å². The van der Waals surface area contributed by atoms with E-state index in [2.05, 4.69) is 9.18 Å². The lowest BCUT2D eigenvalue weighted by atomic mass is 10.2. The summed E-state index contributed by atoms with van der Waals surface area (Å²) < 4.78 is 85.7. The minimum absolute atomic E-state index is 0.172. The van der Waals surface area contributed by atoms with Crippen molar-refractivity contribution in [3.8, 4) is 0 Å². The monoisotopic (exact) mass is 411 g/mol. The van der Waals surface area contributed by atoms with Crippen molar-refractivity contribution in [3.63, 3.8) is 0 Å². The lowest BCUT2D eigenvalue weighted by Gasteiger charge is -2.07. The van der Waals surface area contributed by atoms with Gasteiger partial charge in [0.15, 0.2) is 0 Å².